The highest BCUT2D eigenvalue weighted by Gasteiger charge is 2.32. The maximum absolute atomic E-state index is 13.1. The fourth-order valence-corrected chi connectivity index (χ4v) is 6.06. The van der Waals surface area contributed by atoms with Gasteiger partial charge in [-0.05, 0) is 96.1 Å². The molecule has 0 aliphatic carbocycles. The van der Waals surface area contributed by atoms with Crippen molar-refractivity contribution in [1.29, 1.82) is 0 Å². The lowest BCUT2D eigenvalue weighted by Gasteiger charge is -2.15. The van der Waals surface area contributed by atoms with Crippen LogP contribution in [0.1, 0.15) is 43.2 Å². The Morgan fingerprint density at radius 1 is 0.569 bits per heavy atom. The van der Waals surface area contributed by atoms with Crippen molar-refractivity contribution >= 4 is 58.5 Å². The molecule has 0 saturated carbocycles. The number of ether oxygens (including phenoxy) is 3. The van der Waals surface area contributed by atoms with Crippen LogP contribution in [0.25, 0.3) is 0 Å². The van der Waals surface area contributed by atoms with Crippen molar-refractivity contribution in [2.24, 2.45) is 5.73 Å². The third-order valence-electron chi connectivity index (χ3n) is 9.54. The number of amides is 7. The van der Waals surface area contributed by atoms with Crippen molar-refractivity contribution in [3.8, 4) is 23.0 Å². The molecule has 24 heteroatoms. The number of hydrogen-bond acceptors (Lipinski definition) is 11. The van der Waals surface area contributed by atoms with Gasteiger partial charge in [0.05, 0.1) is 31.1 Å². The number of benzene rings is 4. The minimum atomic E-state index is -4.64. The second-order valence-corrected chi connectivity index (χ2v) is 15.1. The van der Waals surface area contributed by atoms with Gasteiger partial charge in [0, 0.05) is 68.4 Å². The first-order chi connectivity index (χ1) is 34.0. The Kier molecular flexibility index (Phi) is 17.8. The number of carbonyl (C=O) groups excluding carboxylic acids is 6. The highest BCUT2D eigenvalue weighted by Crippen LogP contribution is 2.34. The quantitative estimate of drug-likeness (QED) is 0.0444. The number of urea groups is 2. The predicted molar refractivity (Wildman–Crippen MR) is 250 cm³/mol. The lowest BCUT2D eigenvalue weighted by atomic mass is 10.1. The van der Waals surface area contributed by atoms with Crippen molar-refractivity contribution in [2.45, 2.75) is 25.2 Å². The molecule has 7 amide bonds. The van der Waals surface area contributed by atoms with Crippen LogP contribution < -0.4 is 41.8 Å². The summed E-state index contributed by atoms with van der Waals surface area (Å²) in [5, 5.41) is 12.1. The number of alkyl halides is 6. The Morgan fingerprint density at radius 3 is 1.40 bits per heavy atom. The average molecular weight is 1000 g/mol. The summed E-state index contributed by atoms with van der Waals surface area (Å²) in [5.41, 5.74) is 4.11. The summed E-state index contributed by atoms with van der Waals surface area (Å²) in [7, 11) is 5.83. The van der Waals surface area contributed by atoms with E-state index in [4.69, 9.17) is 15.2 Å². The van der Waals surface area contributed by atoms with E-state index in [9.17, 15) is 55.1 Å². The molecule has 0 aliphatic heterocycles. The first-order valence-corrected chi connectivity index (χ1v) is 20.8. The number of pyridine rings is 2. The molecule has 72 heavy (non-hydrogen) atoms. The van der Waals surface area contributed by atoms with Gasteiger partial charge in [0.25, 0.3) is 11.8 Å². The molecule has 6 aromatic rings. The van der Waals surface area contributed by atoms with E-state index in [1.807, 2.05) is 0 Å². The van der Waals surface area contributed by atoms with Crippen molar-refractivity contribution in [3.63, 3.8) is 0 Å². The van der Waals surface area contributed by atoms with E-state index in [1.165, 1.54) is 60.7 Å². The Labute approximate surface area is 405 Å². The maximum atomic E-state index is 13.1. The summed E-state index contributed by atoms with van der Waals surface area (Å²) >= 11 is 0. The molecule has 0 saturated heterocycles. The molecule has 7 N–H and O–H groups in total. The fourth-order valence-electron chi connectivity index (χ4n) is 6.06. The van der Waals surface area contributed by atoms with E-state index in [1.54, 1.807) is 50.5 Å². The van der Waals surface area contributed by atoms with Gasteiger partial charge in [-0.2, -0.15) is 26.3 Å². The van der Waals surface area contributed by atoms with Gasteiger partial charge < -0.3 is 51.4 Å². The number of nitrogens with zero attached hydrogens (tertiary/aromatic N) is 3. The number of carbonyl (C=O) groups is 6. The number of esters is 1. The molecule has 0 unspecified atom stereocenters. The smallest absolute Gasteiger partial charge is 0.416 e. The maximum Gasteiger partial charge on any atom is 0.416 e. The SMILES string of the molecule is CNC(=O)c1cc(Oc2ccc(NC(=O)Nc3cc(C(F)(F)F)ccc3CC(N)=O)cc2)ccn1.COC(=O)Cc1ccc(C(F)(F)F)cc1NC(=O)Nc1ccc(Oc2ccnc(C(=O)N(C)C)c2)cc1. The number of halogens is 6. The summed E-state index contributed by atoms with van der Waals surface area (Å²) in [6, 6.07) is 22.0. The number of aromatic nitrogens is 2. The van der Waals surface area contributed by atoms with Gasteiger partial charge in [-0.25, -0.2) is 9.59 Å². The van der Waals surface area contributed by atoms with Gasteiger partial charge in [0.1, 0.15) is 34.4 Å². The largest absolute Gasteiger partial charge is 0.469 e. The number of anilines is 4. The standard InChI is InChI=1S/C25H23F3N4O5.C23H20F3N5O4/c1-32(2)23(34)21-14-19(10-11-29-21)37-18-8-6-17(7-9-18)30-24(35)31-20-13-16(25(26,27)28)5-4-15(20)12-22(33)36-3;1-28-21(33)19-12-17(8-9-29-19)35-16-6-4-15(5-7-16)30-22(34)31-18-11-14(23(24,25)26)3-2-13(18)10-20(27)32/h4-11,13-14H,12H2,1-3H3,(H2,30,31,35);2-9,11-12H,10H2,1H3,(H2,27,32)(H,28,33)(H2,30,31,34). The molecule has 376 valence electrons. The van der Waals surface area contributed by atoms with Gasteiger partial charge in [0.2, 0.25) is 5.91 Å². The molecule has 0 aliphatic rings. The zero-order valence-electron chi connectivity index (χ0n) is 38.3. The molecule has 0 radical (unpaired) electrons. The molecule has 0 atom stereocenters. The lowest BCUT2D eigenvalue weighted by Crippen LogP contribution is -2.22. The van der Waals surface area contributed by atoms with Crippen molar-refractivity contribution in [2.75, 3.05) is 49.5 Å². The van der Waals surface area contributed by atoms with E-state index in [-0.39, 0.29) is 58.5 Å². The number of hydrogen-bond donors (Lipinski definition) is 6. The topological polar surface area (TPSA) is 245 Å². The average Bonchev–Trinajstić information content (AvgIpc) is 3.32. The number of methoxy groups -OCH3 is 1. The summed E-state index contributed by atoms with van der Waals surface area (Å²) < 4.78 is 94.6. The molecular formula is C48H43F6N9O9. The predicted octanol–water partition coefficient (Wildman–Crippen LogP) is 8.88. The van der Waals surface area contributed by atoms with Gasteiger partial charge in [-0.15, -0.1) is 0 Å². The summed E-state index contributed by atoms with van der Waals surface area (Å²) in [6.45, 7) is 0. The lowest BCUT2D eigenvalue weighted by molar-refractivity contribution is -0.140. The van der Waals surface area contributed by atoms with E-state index in [2.05, 4.69) is 41.3 Å². The van der Waals surface area contributed by atoms with Crippen LogP contribution >= 0.6 is 0 Å². The van der Waals surface area contributed by atoms with Crippen molar-refractivity contribution in [3.05, 3.63) is 155 Å². The second-order valence-electron chi connectivity index (χ2n) is 15.1. The van der Waals surface area contributed by atoms with Crippen molar-refractivity contribution < 1.29 is 69.3 Å². The second kappa shape index (κ2) is 23.9. The van der Waals surface area contributed by atoms with Gasteiger partial charge in [-0.1, -0.05) is 12.1 Å². The third kappa shape index (κ3) is 15.9. The zero-order valence-corrected chi connectivity index (χ0v) is 38.3. The molecule has 2 heterocycles. The number of rotatable bonds is 14. The Morgan fingerprint density at radius 2 is 1.00 bits per heavy atom. The van der Waals surface area contributed by atoms with Crippen molar-refractivity contribution in [1.82, 2.24) is 20.2 Å². The molecule has 0 fully saturated rings. The first-order valence-electron chi connectivity index (χ1n) is 20.8. The minimum absolute atomic E-state index is 0.137. The Balaban J connectivity index is 0.000000268. The highest BCUT2D eigenvalue weighted by atomic mass is 19.4. The van der Waals surface area contributed by atoms with Crippen LogP contribution in [0.4, 0.5) is 58.7 Å². The zero-order chi connectivity index (χ0) is 52.8. The van der Waals surface area contributed by atoms with Crippen LogP contribution in [0.15, 0.2) is 122 Å². The summed E-state index contributed by atoms with van der Waals surface area (Å²) in [5.74, 6) is -0.561. The van der Waals surface area contributed by atoms with Gasteiger partial charge in [-0.3, -0.25) is 29.1 Å². The number of nitrogens with one attached hydrogen (secondary N) is 5. The van der Waals surface area contributed by atoms with E-state index in [0.717, 1.165) is 43.5 Å². The molecule has 2 aromatic heterocycles. The van der Waals surface area contributed by atoms with Crippen LogP contribution in [0, 0.1) is 0 Å². The van der Waals surface area contributed by atoms with Gasteiger partial charge >= 0.3 is 30.4 Å². The molecule has 0 bridgehead atoms. The molecular weight excluding hydrogens is 961 g/mol. The number of primary amides is 1. The van der Waals surface area contributed by atoms with Crippen LogP contribution in [0.3, 0.4) is 0 Å². The molecule has 0 spiro atoms. The van der Waals surface area contributed by atoms with E-state index >= 15 is 0 Å². The fraction of sp³-hybridized carbons (Fsp3) is 0.167. The van der Waals surface area contributed by atoms with E-state index in [0.29, 0.717) is 34.4 Å². The normalized spacial score (nSPS) is 10.9. The van der Waals surface area contributed by atoms with Crippen LogP contribution in [-0.2, 0) is 39.5 Å². The monoisotopic (exact) mass is 1000 g/mol. The van der Waals surface area contributed by atoms with Gasteiger partial charge in [0.15, 0.2) is 0 Å². The third-order valence-corrected chi connectivity index (χ3v) is 9.54. The first kappa shape index (κ1) is 53.7. The Bertz CT molecular complexity index is 2940. The summed E-state index contributed by atoms with van der Waals surface area (Å²) in [6.07, 6.45) is -7.09. The number of nitrogens with two attached hydrogens (primary N) is 1. The molecule has 6 rings (SSSR count). The highest BCUT2D eigenvalue weighted by molar-refractivity contribution is 6.01. The van der Waals surface area contributed by atoms with Crippen LogP contribution in [0.2, 0.25) is 0 Å². The Hall–Kier alpha value is -9.22. The van der Waals surface area contributed by atoms with E-state index < -0.39 is 47.4 Å². The summed E-state index contributed by atoms with van der Waals surface area (Å²) in [4.78, 5) is 80.8. The van der Waals surface area contributed by atoms with Crippen LogP contribution in [-0.4, -0.2) is 78.9 Å². The molecule has 18 nitrogen and oxygen atoms in total. The molecule has 4 aromatic carbocycles. The minimum Gasteiger partial charge on any atom is -0.469 e. The van der Waals surface area contributed by atoms with Crippen LogP contribution in [0.5, 0.6) is 23.0 Å².